The largest absolute Gasteiger partial charge is 0.456 e. The molecule has 28 heavy (non-hydrogen) atoms. The minimum Gasteiger partial charge on any atom is -0.456 e. The van der Waals surface area contributed by atoms with E-state index in [1.54, 1.807) is 0 Å². The Labute approximate surface area is 171 Å². The van der Waals surface area contributed by atoms with Gasteiger partial charge in [-0.3, -0.25) is 14.7 Å². The zero-order valence-electron chi connectivity index (χ0n) is 16.1. The summed E-state index contributed by atoms with van der Waals surface area (Å²) in [5.41, 5.74) is 1.99. The lowest BCUT2D eigenvalue weighted by atomic mass is 9.73. The molecule has 0 saturated carbocycles. The van der Waals surface area contributed by atoms with Crippen LogP contribution in [0.3, 0.4) is 0 Å². The maximum Gasteiger partial charge on any atom is 0.306 e. The highest BCUT2D eigenvalue weighted by Crippen LogP contribution is 2.43. The molecule has 0 N–H and O–H groups in total. The Morgan fingerprint density at radius 2 is 2.25 bits per heavy atom. The maximum absolute atomic E-state index is 12.6. The van der Waals surface area contributed by atoms with Crippen LogP contribution in [-0.4, -0.2) is 40.9 Å². The molecule has 0 radical (unpaired) electrons. The number of para-hydroxylation sites is 1. The minimum absolute atomic E-state index is 0.172. The van der Waals surface area contributed by atoms with Gasteiger partial charge in [0.2, 0.25) is 0 Å². The van der Waals surface area contributed by atoms with Gasteiger partial charge in [0.1, 0.15) is 6.10 Å². The van der Waals surface area contributed by atoms with Crippen molar-refractivity contribution in [2.75, 3.05) is 19.0 Å². The SMILES string of the molecule is C=C[C@H]1CN2CC[C@H]1C[C@@H]2[C@@H](OC(=O)CCCCl)c1ccnc2ccccc12. The van der Waals surface area contributed by atoms with Crippen LogP contribution in [0.5, 0.6) is 0 Å². The Hall–Kier alpha value is -1.91. The van der Waals surface area contributed by atoms with Gasteiger partial charge >= 0.3 is 5.97 Å². The first-order valence-electron chi connectivity index (χ1n) is 10.2. The molecular weight excluding hydrogens is 372 g/mol. The number of aromatic nitrogens is 1. The Morgan fingerprint density at radius 3 is 3.00 bits per heavy atom. The summed E-state index contributed by atoms with van der Waals surface area (Å²) < 4.78 is 6.11. The Kier molecular flexibility index (Phi) is 5.98. The van der Waals surface area contributed by atoms with E-state index in [2.05, 4.69) is 28.6 Å². The van der Waals surface area contributed by atoms with Crippen LogP contribution in [0.4, 0.5) is 0 Å². The molecule has 1 aromatic heterocycles. The predicted molar refractivity (Wildman–Crippen MR) is 112 cm³/mol. The second-order valence-corrected chi connectivity index (χ2v) is 8.24. The Morgan fingerprint density at radius 1 is 1.39 bits per heavy atom. The molecule has 1 aromatic carbocycles. The number of fused-ring (bicyclic) bond motifs is 4. The third kappa shape index (κ3) is 3.81. The van der Waals surface area contributed by atoms with Crippen molar-refractivity contribution in [3.05, 3.63) is 54.7 Å². The lowest BCUT2D eigenvalue weighted by Crippen LogP contribution is -2.55. The summed E-state index contributed by atoms with van der Waals surface area (Å²) in [6.07, 6.45) is 6.84. The molecule has 2 bridgehead atoms. The molecule has 148 valence electrons. The van der Waals surface area contributed by atoms with E-state index in [1.165, 1.54) is 6.42 Å². The van der Waals surface area contributed by atoms with E-state index in [0.29, 0.717) is 30.6 Å². The normalized spacial score (nSPS) is 27.5. The molecule has 1 unspecified atom stereocenters. The summed E-state index contributed by atoms with van der Waals surface area (Å²) >= 11 is 5.78. The standard InChI is InChI=1S/C23H27ClN2O2/c1-2-16-15-26-13-10-17(16)14-21(26)23(28-22(27)8-5-11-24)19-9-12-25-20-7-4-3-6-18(19)20/h2-4,6-7,9,12,16-17,21,23H,1,5,8,10-11,13-15H2/t16-,17-,21+,23-/m0/s1. The molecule has 0 amide bonds. The monoisotopic (exact) mass is 398 g/mol. The number of nitrogens with zero attached hydrogens (tertiary/aromatic N) is 2. The van der Waals surface area contributed by atoms with Crippen LogP contribution in [0.15, 0.2) is 49.2 Å². The van der Waals surface area contributed by atoms with E-state index < -0.39 is 0 Å². The number of piperidine rings is 3. The molecule has 4 nitrogen and oxygen atoms in total. The number of carbonyl (C=O) groups excluding carboxylic acids is 1. The number of benzene rings is 1. The topological polar surface area (TPSA) is 42.4 Å². The number of halogens is 1. The number of hydrogen-bond donors (Lipinski definition) is 0. The number of esters is 1. The van der Waals surface area contributed by atoms with Gasteiger partial charge in [0.05, 0.1) is 11.6 Å². The summed E-state index contributed by atoms with van der Waals surface area (Å²) in [6, 6.07) is 10.3. The van der Waals surface area contributed by atoms with Gasteiger partial charge in [-0.25, -0.2) is 0 Å². The van der Waals surface area contributed by atoms with E-state index >= 15 is 0 Å². The summed E-state index contributed by atoms with van der Waals surface area (Å²) in [5.74, 6) is 1.45. The molecule has 3 aliphatic heterocycles. The van der Waals surface area contributed by atoms with Crippen LogP contribution in [0.25, 0.3) is 10.9 Å². The zero-order valence-corrected chi connectivity index (χ0v) is 16.9. The fourth-order valence-electron chi connectivity index (χ4n) is 4.82. The quantitative estimate of drug-likeness (QED) is 0.384. The molecule has 3 aliphatic rings. The molecule has 3 fully saturated rings. The van der Waals surface area contributed by atoms with Crippen LogP contribution in [0.2, 0.25) is 0 Å². The summed E-state index contributed by atoms with van der Waals surface area (Å²) in [7, 11) is 0. The van der Waals surface area contributed by atoms with Crippen LogP contribution in [0.1, 0.15) is 37.4 Å². The van der Waals surface area contributed by atoms with Gasteiger partial charge in [-0.1, -0.05) is 24.3 Å². The molecular formula is C23H27ClN2O2. The number of carbonyl (C=O) groups is 1. The number of rotatable bonds is 7. The van der Waals surface area contributed by atoms with E-state index in [0.717, 1.165) is 36.0 Å². The molecule has 5 atom stereocenters. The fourth-order valence-corrected chi connectivity index (χ4v) is 4.95. The van der Waals surface area contributed by atoms with E-state index in [-0.39, 0.29) is 18.1 Å². The Bertz CT molecular complexity index is 850. The van der Waals surface area contributed by atoms with Gasteiger partial charge in [0, 0.05) is 36.0 Å². The van der Waals surface area contributed by atoms with E-state index in [9.17, 15) is 4.79 Å². The fraction of sp³-hybridized carbons (Fsp3) is 0.478. The maximum atomic E-state index is 12.6. The highest BCUT2D eigenvalue weighted by molar-refractivity contribution is 6.17. The van der Waals surface area contributed by atoms with Crippen LogP contribution >= 0.6 is 11.6 Å². The smallest absolute Gasteiger partial charge is 0.306 e. The van der Waals surface area contributed by atoms with E-state index in [4.69, 9.17) is 16.3 Å². The van der Waals surface area contributed by atoms with Crippen LogP contribution < -0.4 is 0 Å². The lowest BCUT2D eigenvalue weighted by molar-refractivity contribution is -0.157. The van der Waals surface area contributed by atoms with Gasteiger partial charge < -0.3 is 4.74 Å². The molecule has 5 heteroatoms. The van der Waals surface area contributed by atoms with Crippen molar-refractivity contribution in [3.8, 4) is 0 Å². The van der Waals surface area contributed by atoms with Gasteiger partial charge in [-0.15, -0.1) is 18.2 Å². The minimum atomic E-state index is -0.288. The van der Waals surface area contributed by atoms with Crippen molar-refractivity contribution < 1.29 is 9.53 Å². The van der Waals surface area contributed by atoms with E-state index in [1.807, 2.05) is 30.5 Å². The number of pyridine rings is 1. The molecule has 2 aromatic rings. The molecule has 0 spiro atoms. The van der Waals surface area contributed by atoms with Gasteiger partial charge in [0.25, 0.3) is 0 Å². The third-order valence-electron chi connectivity index (χ3n) is 6.27. The second kappa shape index (κ2) is 8.62. The Balaban J connectivity index is 1.68. The summed E-state index contributed by atoms with van der Waals surface area (Å²) in [5, 5.41) is 1.06. The van der Waals surface area contributed by atoms with Gasteiger partial charge in [-0.05, 0) is 49.8 Å². The first-order valence-corrected chi connectivity index (χ1v) is 10.7. The lowest BCUT2D eigenvalue weighted by Gasteiger charge is -2.51. The molecule has 0 aliphatic carbocycles. The first-order chi connectivity index (χ1) is 13.7. The number of hydrogen-bond acceptors (Lipinski definition) is 4. The predicted octanol–water partition coefficient (Wildman–Crippen LogP) is 4.73. The summed E-state index contributed by atoms with van der Waals surface area (Å²) in [4.78, 5) is 19.5. The van der Waals surface area contributed by atoms with Crippen molar-refractivity contribution in [1.29, 1.82) is 0 Å². The molecule has 5 rings (SSSR count). The average Bonchev–Trinajstić information content (AvgIpc) is 2.76. The van der Waals surface area contributed by atoms with Crippen molar-refractivity contribution in [1.82, 2.24) is 9.88 Å². The second-order valence-electron chi connectivity index (χ2n) is 7.87. The average molecular weight is 399 g/mol. The van der Waals surface area contributed by atoms with Crippen LogP contribution in [-0.2, 0) is 9.53 Å². The molecule has 3 saturated heterocycles. The summed E-state index contributed by atoms with van der Waals surface area (Å²) in [6.45, 7) is 6.07. The number of ether oxygens (including phenoxy) is 1. The van der Waals surface area contributed by atoms with Crippen molar-refractivity contribution in [2.45, 2.75) is 37.8 Å². The van der Waals surface area contributed by atoms with Crippen LogP contribution in [0, 0.1) is 11.8 Å². The van der Waals surface area contributed by atoms with Crippen molar-refractivity contribution in [3.63, 3.8) is 0 Å². The van der Waals surface area contributed by atoms with Gasteiger partial charge in [-0.2, -0.15) is 0 Å². The van der Waals surface area contributed by atoms with Gasteiger partial charge in [0.15, 0.2) is 0 Å². The molecule has 4 heterocycles. The third-order valence-corrected chi connectivity index (χ3v) is 6.53. The zero-order chi connectivity index (χ0) is 19.5. The highest BCUT2D eigenvalue weighted by atomic mass is 35.5. The highest BCUT2D eigenvalue weighted by Gasteiger charge is 2.44. The van der Waals surface area contributed by atoms with Crippen molar-refractivity contribution >= 4 is 28.5 Å². The first kappa shape index (κ1) is 19.4. The number of alkyl halides is 1. The van der Waals surface area contributed by atoms with Crippen molar-refractivity contribution in [2.24, 2.45) is 11.8 Å².